The van der Waals surface area contributed by atoms with Crippen molar-refractivity contribution >= 4 is 17.2 Å². The molecule has 0 aliphatic carbocycles. The van der Waals surface area contributed by atoms with Crippen LogP contribution in [0.1, 0.15) is 44.1 Å². The number of pyridine rings is 1. The lowest BCUT2D eigenvalue weighted by atomic mass is 9.80. The van der Waals surface area contributed by atoms with Gasteiger partial charge in [0.2, 0.25) is 0 Å². The minimum Gasteiger partial charge on any atom is -0.353 e. The summed E-state index contributed by atoms with van der Waals surface area (Å²) >= 11 is 0. The molecule has 2 aliphatic rings. The lowest BCUT2D eigenvalue weighted by Gasteiger charge is -2.42. The van der Waals surface area contributed by atoms with Crippen LogP contribution in [0.25, 0.3) is 22.0 Å². The molecule has 3 aromatic rings. The van der Waals surface area contributed by atoms with Crippen LogP contribution in [0, 0.1) is 5.92 Å². The van der Waals surface area contributed by atoms with Crippen molar-refractivity contribution in [2.24, 2.45) is 5.92 Å². The monoisotopic (exact) mass is 414 g/mol. The maximum Gasteiger partial charge on any atom is 0.177 e. The number of aldehydes is 1. The molecule has 0 bridgehead atoms. The first-order valence-electron chi connectivity index (χ1n) is 11.5. The molecule has 0 saturated carbocycles. The molecule has 1 aromatic heterocycles. The van der Waals surface area contributed by atoms with Gasteiger partial charge < -0.3 is 4.74 Å². The van der Waals surface area contributed by atoms with Crippen LogP contribution >= 0.6 is 0 Å². The number of hydrogen-bond acceptors (Lipinski definition) is 4. The molecule has 0 radical (unpaired) electrons. The van der Waals surface area contributed by atoms with Crippen LogP contribution in [0.4, 0.5) is 0 Å². The van der Waals surface area contributed by atoms with Gasteiger partial charge in [-0.05, 0) is 60.8 Å². The number of aromatic nitrogens is 1. The van der Waals surface area contributed by atoms with E-state index in [0.717, 1.165) is 56.1 Å². The number of carbonyl (C=O) groups excluding carboxylic acids is 1. The first kappa shape index (κ1) is 20.3. The molecule has 4 heteroatoms. The average Bonchev–Trinajstić information content (AvgIpc) is 3.34. The quantitative estimate of drug-likeness (QED) is 0.523. The summed E-state index contributed by atoms with van der Waals surface area (Å²) in [6, 6.07) is 19.4. The molecule has 2 unspecified atom stereocenters. The summed E-state index contributed by atoms with van der Waals surface area (Å²) in [5.41, 5.74) is 4.13. The highest BCUT2D eigenvalue weighted by atomic mass is 16.5. The van der Waals surface area contributed by atoms with Gasteiger partial charge in [-0.25, -0.2) is 0 Å². The first-order chi connectivity index (χ1) is 15.2. The van der Waals surface area contributed by atoms with Crippen molar-refractivity contribution in [2.75, 3.05) is 19.7 Å². The summed E-state index contributed by atoms with van der Waals surface area (Å²) in [7, 11) is 0. The van der Waals surface area contributed by atoms with Gasteiger partial charge in [-0.2, -0.15) is 0 Å². The van der Waals surface area contributed by atoms with E-state index in [-0.39, 0.29) is 0 Å². The molecule has 2 aliphatic heterocycles. The largest absolute Gasteiger partial charge is 0.353 e. The van der Waals surface area contributed by atoms with Crippen LogP contribution in [0.15, 0.2) is 60.8 Å². The highest BCUT2D eigenvalue weighted by molar-refractivity contribution is 5.83. The molecule has 2 aromatic carbocycles. The van der Waals surface area contributed by atoms with Crippen LogP contribution in [0.2, 0.25) is 0 Å². The molecule has 2 saturated heterocycles. The number of nitrogens with zero attached hydrogens (tertiary/aromatic N) is 2. The van der Waals surface area contributed by atoms with Crippen molar-refractivity contribution < 1.29 is 9.53 Å². The fourth-order valence-electron chi connectivity index (χ4n) is 5.32. The van der Waals surface area contributed by atoms with E-state index in [1.165, 1.54) is 16.5 Å². The van der Waals surface area contributed by atoms with Gasteiger partial charge in [-0.15, -0.1) is 0 Å². The van der Waals surface area contributed by atoms with Crippen LogP contribution in [-0.2, 0) is 9.53 Å². The topological polar surface area (TPSA) is 42.4 Å². The van der Waals surface area contributed by atoms with Crippen LogP contribution in [-0.4, -0.2) is 41.6 Å². The van der Waals surface area contributed by atoms with Crippen molar-refractivity contribution in [3.8, 4) is 11.1 Å². The highest BCUT2D eigenvalue weighted by Gasteiger charge is 2.42. The van der Waals surface area contributed by atoms with Gasteiger partial charge in [-0.1, -0.05) is 49.4 Å². The fourth-order valence-corrected chi connectivity index (χ4v) is 5.32. The summed E-state index contributed by atoms with van der Waals surface area (Å²) in [5.74, 6) is 1.14. The lowest BCUT2D eigenvalue weighted by Crippen LogP contribution is -2.53. The zero-order chi connectivity index (χ0) is 21.3. The van der Waals surface area contributed by atoms with E-state index in [0.29, 0.717) is 18.4 Å². The van der Waals surface area contributed by atoms with Gasteiger partial charge >= 0.3 is 0 Å². The zero-order valence-electron chi connectivity index (χ0n) is 18.2. The maximum atomic E-state index is 11.7. The predicted molar refractivity (Wildman–Crippen MR) is 124 cm³/mol. The molecular weight excluding hydrogens is 384 g/mol. The zero-order valence-corrected chi connectivity index (χ0v) is 18.2. The van der Waals surface area contributed by atoms with E-state index in [1.54, 1.807) is 0 Å². The van der Waals surface area contributed by atoms with E-state index in [2.05, 4.69) is 59.3 Å². The number of carbonyl (C=O) groups is 1. The van der Waals surface area contributed by atoms with Crippen molar-refractivity contribution in [2.45, 2.75) is 44.2 Å². The number of ether oxygens (including phenoxy) is 1. The number of piperidine rings is 1. The van der Waals surface area contributed by atoms with E-state index in [1.807, 2.05) is 18.3 Å². The second-order valence-electron chi connectivity index (χ2n) is 9.07. The third kappa shape index (κ3) is 3.90. The minimum atomic E-state index is -0.649. The average molecular weight is 415 g/mol. The van der Waals surface area contributed by atoms with E-state index < -0.39 is 5.72 Å². The Bertz CT molecular complexity index is 1050. The summed E-state index contributed by atoms with van der Waals surface area (Å²) in [6.07, 6.45) is 7.03. The molecule has 5 rings (SSSR count). The van der Waals surface area contributed by atoms with Crippen molar-refractivity contribution in [3.63, 3.8) is 0 Å². The second kappa shape index (κ2) is 8.52. The normalized spacial score (nSPS) is 23.8. The SMILES string of the molecule is CC(c1ccc(-c2cnc3ccccc3c2)cc1)C1CCN(C2(C=O)CCCO2)CC1. The number of para-hydroxylation sites is 1. The van der Waals surface area contributed by atoms with E-state index in [9.17, 15) is 4.79 Å². The Morgan fingerprint density at radius 1 is 1.10 bits per heavy atom. The van der Waals surface area contributed by atoms with Gasteiger partial charge in [0.1, 0.15) is 0 Å². The maximum absolute atomic E-state index is 11.7. The first-order valence-corrected chi connectivity index (χ1v) is 11.5. The third-order valence-corrected chi connectivity index (χ3v) is 7.36. The predicted octanol–water partition coefficient (Wildman–Crippen LogP) is 5.42. The molecule has 160 valence electrons. The third-order valence-electron chi connectivity index (χ3n) is 7.36. The Labute approximate surface area is 184 Å². The van der Waals surface area contributed by atoms with Crippen molar-refractivity contribution in [1.82, 2.24) is 9.88 Å². The van der Waals surface area contributed by atoms with Crippen LogP contribution in [0.5, 0.6) is 0 Å². The molecule has 0 N–H and O–H groups in total. The van der Waals surface area contributed by atoms with Crippen LogP contribution in [0.3, 0.4) is 0 Å². The van der Waals surface area contributed by atoms with Gasteiger partial charge in [0.25, 0.3) is 0 Å². The molecule has 3 heterocycles. The highest BCUT2D eigenvalue weighted by Crippen LogP contribution is 2.37. The number of hydrogen-bond donors (Lipinski definition) is 0. The Hall–Kier alpha value is -2.56. The Morgan fingerprint density at radius 2 is 1.87 bits per heavy atom. The fraction of sp³-hybridized carbons (Fsp3) is 0.407. The molecule has 0 spiro atoms. The smallest absolute Gasteiger partial charge is 0.177 e. The Balaban J connectivity index is 1.26. The standard InChI is InChI=1S/C27H30N2O2/c1-20(22-11-14-29(15-12-22)27(19-30)13-4-16-31-27)21-7-9-23(10-8-21)25-17-24-5-2-3-6-26(24)28-18-25/h2-3,5-10,17-20,22H,4,11-16H2,1H3. The number of benzene rings is 2. The molecule has 31 heavy (non-hydrogen) atoms. The van der Waals surface area contributed by atoms with E-state index >= 15 is 0 Å². The Kier molecular flexibility index (Phi) is 5.59. The van der Waals surface area contributed by atoms with E-state index in [4.69, 9.17) is 4.74 Å². The molecule has 4 nitrogen and oxygen atoms in total. The van der Waals surface area contributed by atoms with Crippen molar-refractivity contribution in [3.05, 3.63) is 66.4 Å². The summed E-state index contributed by atoms with van der Waals surface area (Å²) in [4.78, 5) is 18.6. The number of fused-ring (bicyclic) bond motifs is 1. The number of likely N-dealkylation sites (tertiary alicyclic amines) is 1. The molecular formula is C27H30N2O2. The molecule has 0 amide bonds. The van der Waals surface area contributed by atoms with Gasteiger partial charge in [0.15, 0.2) is 12.0 Å². The van der Waals surface area contributed by atoms with Gasteiger partial charge in [0, 0.05) is 36.8 Å². The van der Waals surface area contributed by atoms with Gasteiger partial charge in [-0.3, -0.25) is 14.7 Å². The number of rotatable bonds is 5. The molecule has 2 atom stereocenters. The summed E-state index contributed by atoms with van der Waals surface area (Å²) in [5, 5.41) is 1.17. The Morgan fingerprint density at radius 3 is 2.58 bits per heavy atom. The second-order valence-corrected chi connectivity index (χ2v) is 9.07. The lowest BCUT2D eigenvalue weighted by molar-refractivity contribution is -0.155. The van der Waals surface area contributed by atoms with Crippen LogP contribution < -0.4 is 0 Å². The van der Waals surface area contributed by atoms with Gasteiger partial charge in [0.05, 0.1) is 5.52 Å². The summed E-state index contributed by atoms with van der Waals surface area (Å²) < 4.78 is 5.84. The summed E-state index contributed by atoms with van der Waals surface area (Å²) in [6.45, 7) is 4.92. The van der Waals surface area contributed by atoms with Crippen molar-refractivity contribution in [1.29, 1.82) is 0 Å². The molecule has 2 fully saturated rings. The minimum absolute atomic E-state index is 0.502.